The zero-order valence-electron chi connectivity index (χ0n) is 16.6. The van der Waals surface area contributed by atoms with Crippen molar-refractivity contribution in [3.63, 3.8) is 0 Å². The summed E-state index contributed by atoms with van der Waals surface area (Å²) in [6.45, 7) is 6.23. The zero-order valence-corrected chi connectivity index (χ0v) is 16.6. The van der Waals surface area contributed by atoms with Crippen LogP contribution in [-0.4, -0.2) is 85.5 Å². The smallest absolute Gasteiger partial charge is 0.222 e. The molecule has 1 amide bonds. The number of likely N-dealkylation sites (N-methyl/N-ethyl adjacent to an activating group) is 1. The summed E-state index contributed by atoms with van der Waals surface area (Å²) in [5, 5.41) is 0. The van der Waals surface area contributed by atoms with E-state index in [2.05, 4.69) is 21.8 Å². The first-order valence-electron chi connectivity index (χ1n) is 9.65. The number of rotatable bonds is 5. The highest BCUT2D eigenvalue weighted by atomic mass is 16.5. The average molecular weight is 374 g/mol. The zero-order chi connectivity index (χ0) is 19.4. The Kier molecular flexibility index (Phi) is 6.11. The number of methoxy groups -OCH3 is 1. The number of anilines is 1. The SMILES string of the molecule is COCCN1CC[C@]2(CCC1=O)CN(c1ccc(C(C)=O)cn1)CCN2C. The Bertz CT molecular complexity index is 678. The molecule has 148 valence electrons. The van der Waals surface area contributed by atoms with Gasteiger partial charge in [-0.25, -0.2) is 4.98 Å². The summed E-state index contributed by atoms with van der Waals surface area (Å²) >= 11 is 0. The summed E-state index contributed by atoms with van der Waals surface area (Å²) in [4.78, 5) is 35.1. The van der Waals surface area contributed by atoms with Crippen molar-refractivity contribution >= 4 is 17.5 Å². The van der Waals surface area contributed by atoms with E-state index in [9.17, 15) is 9.59 Å². The van der Waals surface area contributed by atoms with Gasteiger partial charge in [0.25, 0.3) is 0 Å². The van der Waals surface area contributed by atoms with E-state index < -0.39 is 0 Å². The highest BCUT2D eigenvalue weighted by molar-refractivity contribution is 5.93. The third kappa shape index (κ3) is 4.30. The molecule has 1 spiro atoms. The van der Waals surface area contributed by atoms with Crippen molar-refractivity contribution in [2.75, 3.05) is 58.4 Å². The van der Waals surface area contributed by atoms with E-state index in [4.69, 9.17) is 4.74 Å². The van der Waals surface area contributed by atoms with Crippen LogP contribution < -0.4 is 4.90 Å². The van der Waals surface area contributed by atoms with Crippen LogP contribution in [0.1, 0.15) is 36.5 Å². The number of hydrogen-bond acceptors (Lipinski definition) is 6. The number of Topliss-reactive ketones (excluding diaryl/α,β-unsaturated/α-hetero) is 1. The van der Waals surface area contributed by atoms with E-state index in [0.29, 0.717) is 25.1 Å². The Labute approximate surface area is 161 Å². The van der Waals surface area contributed by atoms with E-state index >= 15 is 0 Å². The van der Waals surface area contributed by atoms with E-state index in [1.807, 2.05) is 17.0 Å². The summed E-state index contributed by atoms with van der Waals surface area (Å²) in [6, 6.07) is 3.78. The van der Waals surface area contributed by atoms with E-state index in [1.54, 1.807) is 20.2 Å². The third-order valence-corrected chi connectivity index (χ3v) is 6.05. The number of piperazine rings is 1. The number of carbonyl (C=O) groups is 2. The molecule has 7 heteroatoms. The summed E-state index contributed by atoms with van der Waals surface area (Å²) in [6.07, 6.45) is 4.03. The number of hydrogen-bond donors (Lipinski definition) is 0. The molecule has 0 bridgehead atoms. The Morgan fingerprint density at radius 1 is 1.26 bits per heavy atom. The molecule has 2 aliphatic heterocycles. The molecule has 2 aliphatic rings. The first-order valence-corrected chi connectivity index (χ1v) is 9.65. The monoisotopic (exact) mass is 374 g/mol. The Morgan fingerprint density at radius 3 is 2.74 bits per heavy atom. The molecule has 0 unspecified atom stereocenters. The quantitative estimate of drug-likeness (QED) is 0.727. The van der Waals surface area contributed by atoms with Crippen LogP contribution in [0.2, 0.25) is 0 Å². The molecule has 2 fully saturated rings. The number of ether oxygens (including phenoxy) is 1. The lowest BCUT2D eigenvalue weighted by Gasteiger charge is -2.49. The largest absolute Gasteiger partial charge is 0.383 e. The second-order valence-corrected chi connectivity index (χ2v) is 7.65. The predicted octanol–water partition coefficient (Wildman–Crippen LogP) is 1.43. The molecule has 1 aromatic heterocycles. The van der Waals surface area contributed by atoms with Crippen molar-refractivity contribution in [2.24, 2.45) is 0 Å². The maximum atomic E-state index is 12.5. The van der Waals surface area contributed by atoms with Crippen molar-refractivity contribution in [3.8, 4) is 0 Å². The molecule has 0 saturated carbocycles. The minimum absolute atomic E-state index is 0.0299. The van der Waals surface area contributed by atoms with Gasteiger partial charge in [-0.1, -0.05) is 0 Å². The molecule has 3 heterocycles. The summed E-state index contributed by atoms with van der Waals surface area (Å²) in [7, 11) is 3.83. The molecule has 1 atom stereocenters. The van der Waals surface area contributed by atoms with Crippen molar-refractivity contribution in [1.82, 2.24) is 14.8 Å². The minimum Gasteiger partial charge on any atom is -0.383 e. The van der Waals surface area contributed by atoms with Crippen LogP contribution in [0.4, 0.5) is 5.82 Å². The Hall–Kier alpha value is -1.99. The lowest BCUT2D eigenvalue weighted by atomic mass is 9.86. The maximum Gasteiger partial charge on any atom is 0.222 e. The van der Waals surface area contributed by atoms with E-state index in [1.165, 1.54) is 0 Å². The van der Waals surface area contributed by atoms with Crippen LogP contribution in [0.5, 0.6) is 0 Å². The van der Waals surface area contributed by atoms with Crippen molar-refractivity contribution in [3.05, 3.63) is 23.9 Å². The van der Waals surface area contributed by atoms with Gasteiger partial charge >= 0.3 is 0 Å². The second-order valence-electron chi connectivity index (χ2n) is 7.65. The van der Waals surface area contributed by atoms with Gasteiger partial charge in [0.2, 0.25) is 5.91 Å². The molecule has 27 heavy (non-hydrogen) atoms. The molecular weight excluding hydrogens is 344 g/mol. The lowest BCUT2D eigenvalue weighted by Crippen LogP contribution is -2.61. The summed E-state index contributed by atoms with van der Waals surface area (Å²) in [5.74, 6) is 1.15. The fraction of sp³-hybridized carbons (Fsp3) is 0.650. The van der Waals surface area contributed by atoms with Crippen molar-refractivity contribution in [1.29, 1.82) is 0 Å². The number of aromatic nitrogens is 1. The van der Waals surface area contributed by atoms with Crippen LogP contribution >= 0.6 is 0 Å². The van der Waals surface area contributed by atoms with Gasteiger partial charge in [-0.15, -0.1) is 0 Å². The third-order valence-electron chi connectivity index (χ3n) is 6.05. The van der Waals surface area contributed by atoms with Crippen molar-refractivity contribution < 1.29 is 14.3 Å². The second kappa shape index (κ2) is 8.35. The molecule has 0 N–H and O–H groups in total. The van der Waals surface area contributed by atoms with Crippen LogP contribution in [0.25, 0.3) is 0 Å². The highest BCUT2D eigenvalue weighted by Crippen LogP contribution is 2.33. The van der Waals surface area contributed by atoms with Gasteiger partial charge in [0.1, 0.15) is 5.82 Å². The van der Waals surface area contributed by atoms with Crippen LogP contribution in [0.3, 0.4) is 0 Å². The standard InChI is InChI=1S/C20H30N4O3/c1-16(25)17-4-5-18(21-14-17)24-11-10-22(2)20(15-24)7-6-19(26)23(9-8-20)12-13-27-3/h4-5,14H,6-13,15H2,1-3H3/t20-/m1/s1. The van der Waals surface area contributed by atoms with Gasteiger partial charge in [0.15, 0.2) is 5.78 Å². The Balaban J connectivity index is 1.74. The molecule has 0 aromatic carbocycles. The molecule has 0 radical (unpaired) electrons. The van der Waals surface area contributed by atoms with Gasteiger partial charge in [-0.2, -0.15) is 0 Å². The van der Waals surface area contributed by atoms with E-state index in [0.717, 1.165) is 44.8 Å². The summed E-state index contributed by atoms with van der Waals surface area (Å²) in [5.41, 5.74) is 0.604. The lowest BCUT2D eigenvalue weighted by molar-refractivity contribution is -0.131. The molecule has 3 rings (SSSR count). The van der Waals surface area contributed by atoms with Gasteiger partial charge in [-0.3, -0.25) is 14.5 Å². The molecule has 0 aliphatic carbocycles. The Morgan fingerprint density at radius 2 is 2.07 bits per heavy atom. The maximum absolute atomic E-state index is 12.5. The van der Waals surface area contributed by atoms with Gasteiger partial charge in [0, 0.05) is 63.6 Å². The predicted molar refractivity (Wildman–Crippen MR) is 104 cm³/mol. The highest BCUT2D eigenvalue weighted by Gasteiger charge is 2.42. The summed E-state index contributed by atoms with van der Waals surface area (Å²) < 4.78 is 5.15. The van der Waals surface area contributed by atoms with Crippen LogP contribution in [-0.2, 0) is 9.53 Å². The topological polar surface area (TPSA) is 66.0 Å². The number of likely N-dealkylation sites (tertiary alicyclic amines) is 1. The normalized spacial score (nSPS) is 24.3. The molecule has 1 aromatic rings. The van der Waals surface area contributed by atoms with Crippen molar-refractivity contribution in [2.45, 2.75) is 31.7 Å². The first-order chi connectivity index (χ1) is 12.9. The number of pyridine rings is 1. The van der Waals surface area contributed by atoms with Gasteiger partial charge in [-0.05, 0) is 38.9 Å². The van der Waals surface area contributed by atoms with Gasteiger partial charge in [0.05, 0.1) is 6.61 Å². The van der Waals surface area contributed by atoms with Crippen LogP contribution in [0.15, 0.2) is 18.3 Å². The number of ketones is 1. The average Bonchev–Trinajstić information content (AvgIpc) is 2.83. The number of amides is 1. The number of nitrogens with zero attached hydrogens (tertiary/aromatic N) is 4. The molecular formula is C20H30N4O3. The van der Waals surface area contributed by atoms with Crippen LogP contribution in [0, 0.1) is 0 Å². The fourth-order valence-corrected chi connectivity index (χ4v) is 4.11. The first kappa shape index (κ1) is 19.8. The minimum atomic E-state index is -0.0311. The molecule has 2 saturated heterocycles. The van der Waals surface area contributed by atoms with Gasteiger partial charge < -0.3 is 14.5 Å². The fourth-order valence-electron chi connectivity index (χ4n) is 4.11. The molecule has 7 nitrogen and oxygen atoms in total. The van der Waals surface area contributed by atoms with E-state index in [-0.39, 0.29) is 17.2 Å². The number of carbonyl (C=O) groups excluding carboxylic acids is 2.